The van der Waals surface area contributed by atoms with E-state index >= 15 is 0 Å². The fourth-order valence-electron chi connectivity index (χ4n) is 2.82. The largest absolute Gasteiger partial charge is 0.493 e. The first-order valence-electron chi connectivity index (χ1n) is 8.59. The summed E-state index contributed by atoms with van der Waals surface area (Å²) in [6.45, 7) is 4.75. The molecule has 25 heavy (non-hydrogen) atoms. The summed E-state index contributed by atoms with van der Waals surface area (Å²) in [5, 5.41) is 9.46. The Balaban J connectivity index is 1.55. The van der Waals surface area contributed by atoms with Gasteiger partial charge >= 0.3 is 0 Å². The molecule has 0 bridgehead atoms. The molecule has 0 spiro atoms. The third-order valence-corrected chi connectivity index (χ3v) is 4.93. The van der Waals surface area contributed by atoms with Gasteiger partial charge in [0.2, 0.25) is 5.91 Å². The molecule has 1 aliphatic rings. The lowest BCUT2D eigenvalue weighted by Gasteiger charge is -2.10. The fraction of sp³-hybridized carbons (Fsp3) is 0.500. The highest BCUT2D eigenvalue weighted by molar-refractivity contribution is 7.99. The van der Waals surface area contributed by atoms with Gasteiger partial charge in [-0.05, 0) is 49.9 Å². The first-order valence-corrected chi connectivity index (χ1v) is 9.57. The van der Waals surface area contributed by atoms with Crippen LogP contribution >= 0.6 is 11.8 Å². The minimum Gasteiger partial charge on any atom is -0.493 e. The smallest absolute Gasteiger partial charge is 0.217 e. The van der Waals surface area contributed by atoms with Gasteiger partial charge in [0, 0.05) is 24.6 Å². The van der Waals surface area contributed by atoms with E-state index < -0.39 is 0 Å². The van der Waals surface area contributed by atoms with Gasteiger partial charge in [0.1, 0.15) is 11.6 Å². The number of aryl methyl sites for hydroxylation is 3. The number of nitrogens with zero attached hydrogens (tertiary/aromatic N) is 3. The molecular formula is C18H24N4O2S. The Kier molecular flexibility index (Phi) is 5.63. The van der Waals surface area contributed by atoms with Gasteiger partial charge < -0.3 is 15.0 Å². The van der Waals surface area contributed by atoms with Gasteiger partial charge in [-0.1, -0.05) is 17.8 Å². The van der Waals surface area contributed by atoms with E-state index in [1.165, 1.54) is 11.1 Å². The Labute approximate surface area is 152 Å². The van der Waals surface area contributed by atoms with Crippen LogP contribution in [0, 0.1) is 13.8 Å². The first-order chi connectivity index (χ1) is 12.0. The molecule has 1 aliphatic carbocycles. The Morgan fingerprint density at radius 2 is 2.00 bits per heavy atom. The van der Waals surface area contributed by atoms with E-state index in [0.29, 0.717) is 25.5 Å². The van der Waals surface area contributed by atoms with Crippen LogP contribution in [0.5, 0.6) is 5.75 Å². The molecule has 1 amide bonds. The van der Waals surface area contributed by atoms with Crippen LogP contribution in [0.1, 0.15) is 42.3 Å². The normalized spacial score (nSPS) is 13.8. The number of hydrogen-bond donors (Lipinski definition) is 1. The van der Waals surface area contributed by atoms with E-state index in [9.17, 15) is 4.79 Å². The number of benzene rings is 1. The quantitative estimate of drug-likeness (QED) is 0.549. The average molecular weight is 360 g/mol. The molecule has 0 unspecified atom stereocenters. The van der Waals surface area contributed by atoms with Crippen LogP contribution in [0.2, 0.25) is 0 Å². The van der Waals surface area contributed by atoms with Gasteiger partial charge in [-0.3, -0.25) is 4.79 Å². The molecule has 1 aromatic heterocycles. The predicted molar refractivity (Wildman–Crippen MR) is 97.9 cm³/mol. The van der Waals surface area contributed by atoms with Crippen LogP contribution in [-0.2, 0) is 11.2 Å². The van der Waals surface area contributed by atoms with Gasteiger partial charge in [-0.25, -0.2) is 0 Å². The van der Waals surface area contributed by atoms with Crippen molar-refractivity contribution in [3.05, 3.63) is 35.2 Å². The average Bonchev–Trinajstić information content (AvgIpc) is 3.29. The molecule has 0 aliphatic heterocycles. The first kappa shape index (κ1) is 17.8. The molecule has 1 aromatic carbocycles. The number of hydrogen-bond acceptors (Lipinski definition) is 5. The Hall–Kier alpha value is -2.02. The minimum absolute atomic E-state index is 0.304. The zero-order valence-electron chi connectivity index (χ0n) is 14.7. The molecule has 3 rings (SSSR count). The molecule has 0 saturated heterocycles. The number of ether oxygens (including phenoxy) is 1. The minimum atomic E-state index is -0.304. The SMILES string of the molecule is Cc1cc(C)cc(OCCSc2nnc(CCC(N)=O)n2C2CC2)c1. The molecule has 0 atom stereocenters. The van der Waals surface area contributed by atoms with Gasteiger partial charge in [-0.2, -0.15) is 0 Å². The van der Waals surface area contributed by atoms with Gasteiger partial charge in [0.15, 0.2) is 5.16 Å². The van der Waals surface area contributed by atoms with Crippen molar-refractivity contribution in [2.45, 2.75) is 50.7 Å². The summed E-state index contributed by atoms with van der Waals surface area (Å²) in [4.78, 5) is 11.0. The van der Waals surface area contributed by atoms with Crippen LogP contribution < -0.4 is 10.5 Å². The zero-order chi connectivity index (χ0) is 17.8. The second-order valence-corrected chi connectivity index (χ2v) is 7.55. The molecule has 1 fully saturated rings. The Bertz CT molecular complexity index is 735. The van der Waals surface area contributed by atoms with E-state index in [1.54, 1.807) is 11.8 Å². The van der Waals surface area contributed by atoms with Crippen LogP contribution in [-0.4, -0.2) is 33.0 Å². The van der Waals surface area contributed by atoms with Gasteiger partial charge in [0.25, 0.3) is 0 Å². The summed E-state index contributed by atoms with van der Waals surface area (Å²) in [6.07, 6.45) is 3.16. The number of carbonyl (C=O) groups is 1. The topological polar surface area (TPSA) is 83.0 Å². The van der Waals surface area contributed by atoms with Crippen molar-refractivity contribution >= 4 is 17.7 Å². The van der Waals surface area contributed by atoms with E-state index in [-0.39, 0.29) is 5.91 Å². The second kappa shape index (κ2) is 7.91. The fourth-order valence-corrected chi connectivity index (χ4v) is 3.66. The van der Waals surface area contributed by atoms with Crippen LogP contribution in [0.3, 0.4) is 0 Å². The van der Waals surface area contributed by atoms with Crippen molar-refractivity contribution in [3.63, 3.8) is 0 Å². The van der Waals surface area contributed by atoms with E-state index in [0.717, 1.165) is 35.3 Å². The number of aromatic nitrogens is 3. The zero-order valence-corrected chi connectivity index (χ0v) is 15.5. The van der Waals surface area contributed by atoms with Crippen molar-refractivity contribution in [1.82, 2.24) is 14.8 Å². The van der Waals surface area contributed by atoms with E-state index in [1.807, 2.05) is 12.1 Å². The van der Waals surface area contributed by atoms with Crippen LogP contribution in [0.25, 0.3) is 0 Å². The van der Waals surface area contributed by atoms with E-state index in [2.05, 4.69) is 34.7 Å². The summed E-state index contributed by atoms with van der Waals surface area (Å²) in [5.41, 5.74) is 7.65. The summed E-state index contributed by atoms with van der Waals surface area (Å²) >= 11 is 1.65. The molecule has 134 valence electrons. The molecule has 2 aromatic rings. The Morgan fingerprint density at radius 3 is 2.64 bits per heavy atom. The molecule has 1 saturated carbocycles. The van der Waals surface area contributed by atoms with Crippen molar-refractivity contribution in [2.75, 3.05) is 12.4 Å². The summed E-state index contributed by atoms with van der Waals surface area (Å²) in [7, 11) is 0. The summed E-state index contributed by atoms with van der Waals surface area (Å²) < 4.78 is 8.02. The second-order valence-electron chi connectivity index (χ2n) is 6.49. The highest BCUT2D eigenvalue weighted by atomic mass is 32.2. The van der Waals surface area contributed by atoms with Crippen molar-refractivity contribution in [1.29, 1.82) is 0 Å². The lowest BCUT2D eigenvalue weighted by atomic mass is 10.1. The number of primary amides is 1. The van der Waals surface area contributed by atoms with Crippen molar-refractivity contribution in [2.24, 2.45) is 5.73 Å². The predicted octanol–water partition coefficient (Wildman–Crippen LogP) is 2.82. The molecule has 2 N–H and O–H groups in total. The molecular weight excluding hydrogens is 336 g/mol. The number of carbonyl (C=O) groups excluding carboxylic acids is 1. The number of thioether (sulfide) groups is 1. The van der Waals surface area contributed by atoms with Crippen molar-refractivity contribution in [3.8, 4) is 5.75 Å². The maximum absolute atomic E-state index is 11.0. The maximum atomic E-state index is 11.0. The van der Waals surface area contributed by atoms with Crippen molar-refractivity contribution < 1.29 is 9.53 Å². The maximum Gasteiger partial charge on any atom is 0.217 e. The van der Waals surface area contributed by atoms with E-state index in [4.69, 9.17) is 10.5 Å². The Morgan fingerprint density at radius 1 is 1.28 bits per heavy atom. The molecule has 6 nitrogen and oxygen atoms in total. The third kappa shape index (κ3) is 4.98. The summed E-state index contributed by atoms with van der Waals surface area (Å²) in [6, 6.07) is 6.70. The highest BCUT2D eigenvalue weighted by Gasteiger charge is 2.29. The lowest BCUT2D eigenvalue weighted by molar-refractivity contribution is -0.118. The highest BCUT2D eigenvalue weighted by Crippen LogP contribution is 2.38. The van der Waals surface area contributed by atoms with Gasteiger partial charge in [-0.15, -0.1) is 10.2 Å². The standard InChI is InChI=1S/C18H24N4O2S/c1-12-9-13(2)11-15(10-12)24-7-8-25-18-21-20-17(6-5-16(19)23)22(18)14-3-4-14/h9-11,14H,3-8H2,1-2H3,(H2,19,23). The molecule has 7 heteroatoms. The monoisotopic (exact) mass is 360 g/mol. The number of rotatable bonds is 9. The van der Waals surface area contributed by atoms with Crippen LogP contribution in [0.4, 0.5) is 0 Å². The van der Waals surface area contributed by atoms with Gasteiger partial charge in [0.05, 0.1) is 6.61 Å². The number of nitrogens with two attached hydrogens (primary N) is 1. The lowest BCUT2D eigenvalue weighted by Crippen LogP contribution is -2.13. The third-order valence-electron chi connectivity index (χ3n) is 4.02. The molecule has 1 heterocycles. The van der Waals surface area contributed by atoms with Crippen LogP contribution in [0.15, 0.2) is 23.4 Å². The molecule has 0 radical (unpaired) electrons. The number of amides is 1. The summed E-state index contributed by atoms with van der Waals surface area (Å²) in [5.74, 6) is 2.26.